The maximum absolute atomic E-state index is 11.8. The molecule has 0 atom stereocenters. The third-order valence-corrected chi connectivity index (χ3v) is 3.87. The number of piperidine rings is 1. The number of hydrogen-bond acceptors (Lipinski definition) is 4. The summed E-state index contributed by atoms with van der Waals surface area (Å²) in [7, 11) is 0. The summed E-state index contributed by atoms with van der Waals surface area (Å²) in [5.74, 6) is 0.647. The second-order valence-electron chi connectivity index (χ2n) is 5.27. The SMILES string of the molecule is CCNC(=O)c1cc(N2CCC(CCN)CC2)ccn1. The normalized spacial score (nSPS) is 16.2. The lowest BCUT2D eigenvalue weighted by molar-refractivity contribution is 0.0951. The van der Waals surface area contributed by atoms with Crippen LogP contribution in [0.25, 0.3) is 0 Å². The number of nitrogens with one attached hydrogen (secondary N) is 1. The third kappa shape index (κ3) is 3.70. The molecule has 0 saturated carbocycles. The number of carbonyl (C=O) groups excluding carboxylic acids is 1. The van der Waals surface area contributed by atoms with Crippen LogP contribution in [-0.2, 0) is 0 Å². The number of amides is 1. The van der Waals surface area contributed by atoms with E-state index in [9.17, 15) is 4.79 Å². The molecule has 1 aliphatic heterocycles. The minimum atomic E-state index is -0.104. The van der Waals surface area contributed by atoms with Gasteiger partial charge in [0.25, 0.3) is 5.91 Å². The van der Waals surface area contributed by atoms with Gasteiger partial charge in [0.15, 0.2) is 0 Å². The average Bonchev–Trinajstić information content (AvgIpc) is 2.49. The molecule has 0 spiro atoms. The molecule has 0 radical (unpaired) electrons. The van der Waals surface area contributed by atoms with E-state index in [0.29, 0.717) is 12.2 Å². The highest BCUT2D eigenvalue weighted by molar-refractivity contribution is 5.93. The maximum atomic E-state index is 11.8. The Balaban J connectivity index is 1.99. The first-order chi connectivity index (χ1) is 9.74. The molecule has 110 valence electrons. The topological polar surface area (TPSA) is 71.2 Å². The molecule has 0 aliphatic carbocycles. The van der Waals surface area contributed by atoms with Crippen LogP contribution in [0.4, 0.5) is 5.69 Å². The zero-order valence-electron chi connectivity index (χ0n) is 12.1. The molecule has 0 unspecified atom stereocenters. The number of nitrogens with two attached hydrogens (primary N) is 1. The van der Waals surface area contributed by atoms with E-state index in [0.717, 1.165) is 37.7 Å². The van der Waals surface area contributed by atoms with Gasteiger partial charge in [-0.2, -0.15) is 0 Å². The van der Waals surface area contributed by atoms with Crippen molar-refractivity contribution in [3.8, 4) is 0 Å². The lowest BCUT2D eigenvalue weighted by Crippen LogP contribution is -2.34. The van der Waals surface area contributed by atoms with E-state index in [2.05, 4.69) is 15.2 Å². The van der Waals surface area contributed by atoms with Crippen LogP contribution in [0, 0.1) is 5.92 Å². The molecule has 3 N–H and O–H groups in total. The first-order valence-electron chi connectivity index (χ1n) is 7.44. The average molecular weight is 276 g/mol. The highest BCUT2D eigenvalue weighted by Gasteiger charge is 2.19. The fourth-order valence-corrected chi connectivity index (χ4v) is 2.71. The van der Waals surface area contributed by atoms with Crippen LogP contribution in [0.1, 0.15) is 36.7 Å². The van der Waals surface area contributed by atoms with Crippen molar-refractivity contribution >= 4 is 11.6 Å². The number of carbonyl (C=O) groups is 1. The molecule has 5 nitrogen and oxygen atoms in total. The molecule has 1 amide bonds. The van der Waals surface area contributed by atoms with Crippen LogP contribution < -0.4 is 16.0 Å². The molecule has 5 heteroatoms. The molecular formula is C15H24N4O. The molecule has 0 aromatic carbocycles. The van der Waals surface area contributed by atoms with Gasteiger partial charge < -0.3 is 16.0 Å². The monoisotopic (exact) mass is 276 g/mol. The number of nitrogens with zero attached hydrogens (tertiary/aromatic N) is 2. The Morgan fingerprint density at radius 1 is 1.50 bits per heavy atom. The predicted octanol–water partition coefficient (Wildman–Crippen LogP) is 1.40. The van der Waals surface area contributed by atoms with Gasteiger partial charge in [0.2, 0.25) is 0 Å². The quantitative estimate of drug-likeness (QED) is 0.852. The second-order valence-corrected chi connectivity index (χ2v) is 5.27. The van der Waals surface area contributed by atoms with E-state index in [1.54, 1.807) is 6.20 Å². The van der Waals surface area contributed by atoms with Crippen molar-refractivity contribution in [1.82, 2.24) is 10.3 Å². The minimum absolute atomic E-state index is 0.104. The standard InChI is InChI=1S/C15H24N4O/c1-2-17-15(20)14-11-13(4-8-18-14)19-9-5-12(3-7-16)6-10-19/h4,8,11-12H,2-3,5-7,9-10,16H2,1H3,(H,17,20). The van der Waals surface area contributed by atoms with Crippen molar-refractivity contribution in [2.75, 3.05) is 31.1 Å². The van der Waals surface area contributed by atoms with Crippen LogP contribution in [0.3, 0.4) is 0 Å². The minimum Gasteiger partial charge on any atom is -0.371 e. The summed E-state index contributed by atoms with van der Waals surface area (Å²) >= 11 is 0. The summed E-state index contributed by atoms with van der Waals surface area (Å²) in [6.45, 7) is 5.37. The number of hydrogen-bond donors (Lipinski definition) is 2. The number of rotatable bonds is 5. The lowest BCUT2D eigenvalue weighted by Gasteiger charge is -2.33. The Bertz CT molecular complexity index is 441. The van der Waals surface area contributed by atoms with Crippen LogP contribution >= 0.6 is 0 Å². The fourth-order valence-electron chi connectivity index (χ4n) is 2.71. The Hall–Kier alpha value is -1.62. The summed E-state index contributed by atoms with van der Waals surface area (Å²) in [5, 5.41) is 2.78. The Morgan fingerprint density at radius 3 is 2.90 bits per heavy atom. The first-order valence-corrected chi connectivity index (χ1v) is 7.44. The van der Waals surface area contributed by atoms with Crippen molar-refractivity contribution in [1.29, 1.82) is 0 Å². The zero-order chi connectivity index (χ0) is 14.4. The Morgan fingerprint density at radius 2 is 2.25 bits per heavy atom. The molecular weight excluding hydrogens is 252 g/mol. The molecule has 1 aromatic heterocycles. The van der Waals surface area contributed by atoms with E-state index in [1.807, 2.05) is 19.1 Å². The van der Waals surface area contributed by atoms with Gasteiger partial charge in [-0.3, -0.25) is 9.78 Å². The second kappa shape index (κ2) is 7.24. The molecule has 2 rings (SSSR count). The molecule has 1 saturated heterocycles. The summed E-state index contributed by atoms with van der Waals surface area (Å²) in [6, 6.07) is 3.86. The summed E-state index contributed by atoms with van der Waals surface area (Å²) in [4.78, 5) is 18.3. The highest BCUT2D eigenvalue weighted by atomic mass is 16.1. The van der Waals surface area contributed by atoms with E-state index >= 15 is 0 Å². The largest absolute Gasteiger partial charge is 0.371 e. The van der Waals surface area contributed by atoms with Gasteiger partial charge in [-0.25, -0.2) is 0 Å². The zero-order valence-corrected chi connectivity index (χ0v) is 12.1. The van der Waals surface area contributed by atoms with Gasteiger partial charge in [0.1, 0.15) is 5.69 Å². The Labute approximate surface area is 120 Å². The highest BCUT2D eigenvalue weighted by Crippen LogP contribution is 2.24. The van der Waals surface area contributed by atoms with Crippen molar-refractivity contribution in [2.24, 2.45) is 11.7 Å². The van der Waals surface area contributed by atoms with Gasteiger partial charge >= 0.3 is 0 Å². The van der Waals surface area contributed by atoms with Crippen LogP contribution in [-0.4, -0.2) is 37.1 Å². The van der Waals surface area contributed by atoms with Gasteiger partial charge in [-0.15, -0.1) is 0 Å². The van der Waals surface area contributed by atoms with Crippen LogP contribution in [0.15, 0.2) is 18.3 Å². The molecule has 0 bridgehead atoms. The lowest BCUT2D eigenvalue weighted by atomic mass is 9.93. The maximum Gasteiger partial charge on any atom is 0.269 e. The van der Waals surface area contributed by atoms with Crippen molar-refractivity contribution in [3.63, 3.8) is 0 Å². The van der Waals surface area contributed by atoms with Gasteiger partial charge in [-0.1, -0.05) is 0 Å². The van der Waals surface area contributed by atoms with Gasteiger partial charge in [-0.05, 0) is 50.8 Å². The third-order valence-electron chi connectivity index (χ3n) is 3.87. The summed E-state index contributed by atoms with van der Waals surface area (Å²) < 4.78 is 0. The number of anilines is 1. The summed E-state index contributed by atoms with van der Waals surface area (Å²) in [5.41, 5.74) is 7.20. The van der Waals surface area contributed by atoms with E-state index < -0.39 is 0 Å². The molecule has 20 heavy (non-hydrogen) atoms. The van der Waals surface area contributed by atoms with E-state index in [4.69, 9.17) is 5.73 Å². The molecule has 1 aliphatic rings. The molecule has 1 aromatic rings. The van der Waals surface area contributed by atoms with Crippen molar-refractivity contribution < 1.29 is 4.79 Å². The van der Waals surface area contributed by atoms with E-state index in [-0.39, 0.29) is 5.91 Å². The van der Waals surface area contributed by atoms with Crippen LogP contribution in [0.2, 0.25) is 0 Å². The Kier molecular flexibility index (Phi) is 5.35. The van der Waals surface area contributed by atoms with Crippen LogP contribution in [0.5, 0.6) is 0 Å². The van der Waals surface area contributed by atoms with E-state index in [1.165, 1.54) is 12.8 Å². The smallest absolute Gasteiger partial charge is 0.269 e. The number of pyridine rings is 1. The first kappa shape index (κ1) is 14.8. The molecule has 1 fully saturated rings. The fraction of sp³-hybridized carbons (Fsp3) is 0.600. The van der Waals surface area contributed by atoms with Crippen molar-refractivity contribution in [3.05, 3.63) is 24.0 Å². The predicted molar refractivity (Wildman–Crippen MR) is 80.9 cm³/mol. The van der Waals surface area contributed by atoms with Gasteiger partial charge in [0, 0.05) is 31.5 Å². The van der Waals surface area contributed by atoms with Crippen molar-refractivity contribution in [2.45, 2.75) is 26.2 Å². The van der Waals surface area contributed by atoms with Gasteiger partial charge in [0.05, 0.1) is 0 Å². The molecule has 2 heterocycles. The summed E-state index contributed by atoms with van der Waals surface area (Å²) in [6.07, 6.45) is 5.19. The number of aromatic nitrogens is 1.